The van der Waals surface area contributed by atoms with Gasteiger partial charge in [0.15, 0.2) is 23.3 Å². The zero-order valence-electron chi connectivity index (χ0n) is 15.1. The molecule has 0 aliphatic carbocycles. The van der Waals surface area contributed by atoms with Gasteiger partial charge in [-0.15, -0.1) is 0 Å². The highest BCUT2D eigenvalue weighted by atomic mass is 19.2. The van der Waals surface area contributed by atoms with Crippen molar-refractivity contribution in [1.29, 1.82) is 0 Å². The Labute approximate surface area is 156 Å². The van der Waals surface area contributed by atoms with Crippen molar-refractivity contribution in [1.82, 2.24) is 4.90 Å². The molecular weight excluding hydrogens is 354 g/mol. The van der Waals surface area contributed by atoms with E-state index in [0.717, 1.165) is 49.9 Å². The van der Waals surface area contributed by atoms with Crippen LogP contribution in [-0.4, -0.2) is 24.0 Å². The van der Waals surface area contributed by atoms with E-state index in [2.05, 4.69) is 11.9 Å². The van der Waals surface area contributed by atoms with Crippen molar-refractivity contribution in [2.24, 2.45) is 5.92 Å². The first-order chi connectivity index (χ1) is 12.9. The molecule has 5 heteroatoms. The quantitative estimate of drug-likeness (QED) is 0.636. The van der Waals surface area contributed by atoms with Gasteiger partial charge < -0.3 is 4.90 Å². The minimum atomic E-state index is -0.954. The third-order valence-corrected chi connectivity index (χ3v) is 6.00. The second-order valence-electron chi connectivity index (χ2n) is 7.62. The molecule has 2 fully saturated rings. The third kappa shape index (κ3) is 3.53. The molecule has 2 aromatic carbocycles. The van der Waals surface area contributed by atoms with E-state index in [1.54, 1.807) is 0 Å². The van der Waals surface area contributed by atoms with Crippen LogP contribution < -0.4 is 0 Å². The van der Waals surface area contributed by atoms with Gasteiger partial charge in [-0.05, 0) is 79.6 Å². The second-order valence-corrected chi connectivity index (χ2v) is 7.62. The van der Waals surface area contributed by atoms with Crippen LogP contribution in [0.2, 0.25) is 0 Å². The fraction of sp³-hybridized carbons (Fsp3) is 0.364. The van der Waals surface area contributed by atoms with Crippen molar-refractivity contribution in [3.05, 3.63) is 76.9 Å². The standard InChI is InChI=1S/C22H21F4N/c1-27-16-4-5-17(27)9-13(8-16)10-18(14-2-6-19(23)21(25)11-14)15-3-7-20(24)22(26)12-15/h2-3,6-7,10-13,16-17H,4-5,8-9H2,1H3. The average Bonchev–Trinajstić information content (AvgIpc) is 2.85. The second kappa shape index (κ2) is 7.12. The Morgan fingerprint density at radius 1 is 0.815 bits per heavy atom. The summed E-state index contributed by atoms with van der Waals surface area (Å²) in [6.45, 7) is 0. The lowest BCUT2D eigenvalue weighted by molar-refractivity contribution is 0.152. The molecule has 0 spiro atoms. The van der Waals surface area contributed by atoms with Crippen molar-refractivity contribution in [3.8, 4) is 0 Å². The minimum absolute atomic E-state index is 0.259. The fourth-order valence-corrected chi connectivity index (χ4v) is 4.51. The Morgan fingerprint density at radius 3 is 1.74 bits per heavy atom. The molecule has 0 amide bonds. The zero-order valence-corrected chi connectivity index (χ0v) is 15.1. The lowest BCUT2D eigenvalue weighted by Gasteiger charge is -2.35. The van der Waals surface area contributed by atoms with Gasteiger partial charge in [0.1, 0.15) is 0 Å². The average molecular weight is 375 g/mol. The van der Waals surface area contributed by atoms with E-state index in [4.69, 9.17) is 0 Å². The van der Waals surface area contributed by atoms with Gasteiger partial charge in [-0.25, -0.2) is 17.6 Å². The topological polar surface area (TPSA) is 3.24 Å². The third-order valence-electron chi connectivity index (χ3n) is 6.00. The highest BCUT2D eigenvalue weighted by Crippen LogP contribution is 2.40. The van der Waals surface area contributed by atoms with Gasteiger partial charge in [-0.1, -0.05) is 18.2 Å². The molecular formula is C22H21F4N. The van der Waals surface area contributed by atoms with E-state index in [1.165, 1.54) is 12.1 Å². The van der Waals surface area contributed by atoms with Crippen molar-refractivity contribution >= 4 is 5.57 Å². The van der Waals surface area contributed by atoms with Crippen LogP contribution in [0.25, 0.3) is 5.57 Å². The number of nitrogens with zero attached hydrogens (tertiary/aromatic N) is 1. The molecule has 142 valence electrons. The maximum Gasteiger partial charge on any atom is 0.159 e. The molecule has 0 aromatic heterocycles. The van der Waals surface area contributed by atoms with E-state index in [1.807, 2.05) is 6.08 Å². The first kappa shape index (κ1) is 18.2. The fourth-order valence-electron chi connectivity index (χ4n) is 4.51. The Bertz CT molecular complexity index is 824. The Hall–Kier alpha value is -2.14. The Balaban J connectivity index is 1.75. The highest BCUT2D eigenvalue weighted by Gasteiger charge is 2.37. The van der Waals surface area contributed by atoms with Crippen LogP contribution in [-0.2, 0) is 0 Å². The first-order valence-electron chi connectivity index (χ1n) is 9.27. The molecule has 27 heavy (non-hydrogen) atoms. The maximum atomic E-state index is 13.8. The number of allylic oxidation sites excluding steroid dienone is 1. The number of fused-ring (bicyclic) bond motifs is 2. The molecule has 2 aliphatic heterocycles. The number of hydrogen-bond donors (Lipinski definition) is 0. The summed E-state index contributed by atoms with van der Waals surface area (Å²) in [7, 11) is 2.15. The zero-order chi connectivity index (χ0) is 19.1. The normalized spacial score (nSPS) is 24.9. The summed E-state index contributed by atoms with van der Waals surface area (Å²) in [5, 5.41) is 0. The molecule has 4 rings (SSSR count). The predicted molar refractivity (Wildman–Crippen MR) is 97.1 cm³/mol. The van der Waals surface area contributed by atoms with Gasteiger partial charge in [0.05, 0.1) is 0 Å². The molecule has 1 nitrogen and oxygen atoms in total. The van der Waals surface area contributed by atoms with E-state index >= 15 is 0 Å². The Morgan fingerprint density at radius 2 is 1.30 bits per heavy atom. The summed E-state index contributed by atoms with van der Waals surface area (Å²) in [4.78, 5) is 2.42. The Kier molecular flexibility index (Phi) is 4.81. The molecule has 2 saturated heterocycles. The number of hydrogen-bond acceptors (Lipinski definition) is 1. The number of halogens is 4. The van der Waals surface area contributed by atoms with Crippen LogP contribution in [0.4, 0.5) is 17.6 Å². The van der Waals surface area contributed by atoms with Gasteiger partial charge in [0, 0.05) is 12.1 Å². The minimum Gasteiger partial charge on any atom is -0.300 e. The highest BCUT2D eigenvalue weighted by molar-refractivity contribution is 5.80. The summed E-state index contributed by atoms with van der Waals surface area (Å²) in [6, 6.07) is 8.36. The van der Waals surface area contributed by atoms with E-state index < -0.39 is 23.3 Å². The van der Waals surface area contributed by atoms with E-state index in [9.17, 15) is 17.6 Å². The van der Waals surface area contributed by atoms with E-state index in [-0.39, 0.29) is 5.92 Å². The molecule has 2 atom stereocenters. The van der Waals surface area contributed by atoms with Crippen LogP contribution in [0.15, 0.2) is 42.5 Å². The molecule has 2 bridgehead atoms. The molecule has 0 saturated carbocycles. The van der Waals surface area contributed by atoms with Crippen molar-refractivity contribution in [2.75, 3.05) is 7.05 Å². The van der Waals surface area contributed by atoms with Crippen LogP contribution in [0, 0.1) is 29.2 Å². The maximum absolute atomic E-state index is 13.8. The van der Waals surface area contributed by atoms with Crippen molar-refractivity contribution in [3.63, 3.8) is 0 Å². The summed E-state index contributed by atoms with van der Waals surface area (Å²) >= 11 is 0. The SMILES string of the molecule is CN1C2CCC1CC(C=C(c1ccc(F)c(F)c1)c1ccc(F)c(F)c1)C2. The smallest absolute Gasteiger partial charge is 0.159 e. The van der Waals surface area contributed by atoms with Gasteiger partial charge in [0.2, 0.25) is 0 Å². The monoisotopic (exact) mass is 375 g/mol. The van der Waals surface area contributed by atoms with Gasteiger partial charge in [0.25, 0.3) is 0 Å². The predicted octanol–water partition coefficient (Wildman–Crippen LogP) is 5.55. The lowest BCUT2D eigenvalue weighted by Crippen LogP contribution is -2.39. The lowest BCUT2D eigenvalue weighted by atomic mass is 9.86. The molecule has 2 aliphatic rings. The van der Waals surface area contributed by atoms with E-state index in [0.29, 0.717) is 28.8 Å². The van der Waals surface area contributed by atoms with Crippen molar-refractivity contribution < 1.29 is 17.6 Å². The van der Waals surface area contributed by atoms with Gasteiger partial charge >= 0.3 is 0 Å². The molecule has 0 N–H and O–H groups in total. The number of benzene rings is 2. The summed E-state index contributed by atoms with van der Waals surface area (Å²) in [6.07, 6.45) is 6.31. The molecule has 2 aromatic rings. The van der Waals surface area contributed by atoms with Crippen LogP contribution in [0.5, 0.6) is 0 Å². The number of piperidine rings is 1. The number of rotatable bonds is 3. The largest absolute Gasteiger partial charge is 0.300 e. The van der Waals surface area contributed by atoms with Gasteiger partial charge in [-0.3, -0.25) is 0 Å². The molecule has 2 unspecified atom stereocenters. The summed E-state index contributed by atoms with van der Waals surface area (Å²) in [5.41, 5.74) is 1.54. The summed E-state index contributed by atoms with van der Waals surface area (Å²) in [5.74, 6) is -3.51. The van der Waals surface area contributed by atoms with Crippen molar-refractivity contribution in [2.45, 2.75) is 37.8 Å². The van der Waals surface area contributed by atoms with Gasteiger partial charge in [-0.2, -0.15) is 0 Å². The summed E-state index contributed by atoms with van der Waals surface area (Å²) < 4.78 is 54.4. The molecule has 2 heterocycles. The van der Waals surface area contributed by atoms with Crippen LogP contribution in [0.3, 0.4) is 0 Å². The first-order valence-corrected chi connectivity index (χ1v) is 9.27. The van der Waals surface area contributed by atoms with Crippen LogP contribution >= 0.6 is 0 Å². The van der Waals surface area contributed by atoms with Crippen LogP contribution in [0.1, 0.15) is 36.8 Å². The molecule has 0 radical (unpaired) electrons.